The Morgan fingerprint density at radius 1 is 1.32 bits per heavy atom. The van der Waals surface area contributed by atoms with Crippen LogP contribution in [0.1, 0.15) is 28.5 Å². The number of nitrogens with one attached hydrogen (secondary N) is 2. The first-order valence-electron chi connectivity index (χ1n) is 7.67. The molecule has 1 amide bonds. The molecule has 0 unspecified atom stereocenters. The summed E-state index contributed by atoms with van der Waals surface area (Å²) in [5, 5.41) is 5.67. The van der Waals surface area contributed by atoms with Crippen LogP contribution >= 0.6 is 0 Å². The average Bonchev–Trinajstić information content (AvgIpc) is 2.57. The van der Waals surface area contributed by atoms with Crippen LogP contribution in [-0.4, -0.2) is 35.5 Å². The van der Waals surface area contributed by atoms with Gasteiger partial charge in [-0.1, -0.05) is 6.07 Å². The summed E-state index contributed by atoms with van der Waals surface area (Å²) in [5.74, 6) is -2.43. The molecular weight excluding hydrogens is 330 g/mol. The Bertz CT molecular complexity index is 730. The van der Waals surface area contributed by atoms with Crippen molar-refractivity contribution >= 4 is 11.7 Å². The maximum atomic E-state index is 12.7. The van der Waals surface area contributed by atoms with E-state index in [2.05, 4.69) is 20.6 Å². The normalized spacial score (nSPS) is 11.1. The van der Waals surface area contributed by atoms with E-state index in [4.69, 9.17) is 4.74 Å². The van der Waals surface area contributed by atoms with Gasteiger partial charge in [0.05, 0.1) is 0 Å². The maximum absolute atomic E-state index is 12.7. The van der Waals surface area contributed by atoms with Crippen LogP contribution < -0.4 is 15.4 Å². The zero-order chi connectivity index (χ0) is 18.4. The van der Waals surface area contributed by atoms with Crippen molar-refractivity contribution in [3.63, 3.8) is 0 Å². The van der Waals surface area contributed by atoms with Crippen LogP contribution in [0.25, 0.3) is 0 Å². The highest BCUT2D eigenvalue weighted by molar-refractivity contribution is 5.94. The predicted octanol–water partition coefficient (Wildman–Crippen LogP) is 2.79. The number of carbonyl (C=O) groups is 1. The van der Waals surface area contributed by atoms with Gasteiger partial charge in [0.25, 0.3) is 11.8 Å². The molecule has 0 atom stereocenters. The van der Waals surface area contributed by atoms with Crippen molar-refractivity contribution in [3.8, 4) is 5.88 Å². The third-order valence-electron chi connectivity index (χ3n) is 3.20. The minimum absolute atomic E-state index is 0.111. The number of aromatic nitrogens is 2. The zero-order valence-corrected chi connectivity index (χ0v) is 14.3. The second-order valence-corrected chi connectivity index (χ2v) is 5.68. The predicted molar refractivity (Wildman–Crippen MR) is 90.0 cm³/mol. The first-order chi connectivity index (χ1) is 11.8. The van der Waals surface area contributed by atoms with Gasteiger partial charge in [-0.2, -0.15) is 0 Å². The molecule has 2 aromatic rings. The monoisotopic (exact) mass is 350 g/mol. The maximum Gasteiger partial charge on any atom is 0.278 e. The van der Waals surface area contributed by atoms with Crippen LogP contribution in [0.3, 0.4) is 0 Å². The molecule has 2 heterocycles. The molecule has 0 bridgehead atoms. The van der Waals surface area contributed by atoms with Gasteiger partial charge in [0.15, 0.2) is 6.61 Å². The van der Waals surface area contributed by atoms with Crippen LogP contribution in [0.5, 0.6) is 5.88 Å². The smallest absolute Gasteiger partial charge is 0.278 e. The lowest BCUT2D eigenvalue weighted by Gasteiger charge is -2.11. The molecule has 0 radical (unpaired) electrons. The van der Waals surface area contributed by atoms with Gasteiger partial charge in [-0.3, -0.25) is 4.79 Å². The summed E-state index contributed by atoms with van der Waals surface area (Å²) in [4.78, 5) is 20.4. The van der Waals surface area contributed by atoms with Crippen LogP contribution in [0.15, 0.2) is 30.5 Å². The molecule has 2 rings (SSSR count). The highest BCUT2D eigenvalue weighted by Gasteiger charge is 2.22. The number of halogens is 2. The Hall–Kier alpha value is -2.77. The first kappa shape index (κ1) is 18.6. The first-order valence-corrected chi connectivity index (χ1v) is 7.67. The van der Waals surface area contributed by atoms with Gasteiger partial charge in [-0.05, 0) is 24.6 Å². The topological polar surface area (TPSA) is 76.1 Å². The van der Waals surface area contributed by atoms with Gasteiger partial charge in [-0.15, -0.1) is 0 Å². The van der Waals surface area contributed by atoms with Gasteiger partial charge in [0.1, 0.15) is 5.82 Å². The van der Waals surface area contributed by atoms with E-state index in [1.807, 2.05) is 0 Å². The second kappa shape index (κ2) is 7.87. The molecule has 134 valence electrons. The van der Waals surface area contributed by atoms with E-state index in [1.165, 1.54) is 12.3 Å². The Balaban J connectivity index is 1.92. The third kappa shape index (κ3) is 5.98. The lowest BCUT2D eigenvalue weighted by molar-refractivity contribution is -0.0242. The Morgan fingerprint density at radius 3 is 2.68 bits per heavy atom. The number of ether oxygens (including phenoxy) is 1. The van der Waals surface area contributed by atoms with Crippen molar-refractivity contribution in [1.29, 1.82) is 0 Å². The summed E-state index contributed by atoms with van der Waals surface area (Å²) in [6.07, 6.45) is 1.47. The minimum Gasteiger partial charge on any atom is -0.471 e. The number of hydrogen-bond donors (Lipinski definition) is 2. The van der Waals surface area contributed by atoms with Gasteiger partial charge in [0.2, 0.25) is 5.88 Å². The molecule has 0 aliphatic carbocycles. The van der Waals surface area contributed by atoms with Crippen LogP contribution in [-0.2, 0) is 6.54 Å². The molecule has 2 aromatic heterocycles. The van der Waals surface area contributed by atoms with Crippen molar-refractivity contribution < 1.29 is 18.3 Å². The van der Waals surface area contributed by atoms with E-state index < -0.39 is 12.5 Å². The molecule has 0 saturated heterocycles. The number of anilines is 1. The molecule has 0 saturated carbocycles. The molecule has 8 heteroatoms. The summed E-state index contributed by atoms with van der Waals surface area (Å²) in [7, 11) is 1.73. The van der Waals surface area contributed by atoms with Crippen LogP contribution in [0.2, 0.25) is 0 Å². The Kier molecular flexibility index (Phi) is 5.84. The number of amides is 1. The van der Waals surface area contributed by atoms with Gasteiger partial charge in [0, 0.05) is 44.0 Å². The number of carbonyl (C=O) groups excluding carboxylic acids is 1. The molecule has 0 aliphatic heterocycles. The molecule has 6 nitrogen and oxygen atoms in total. The molecule has 0 aromatic carbocycles. The standard InChI is InChI=1S/C17H20F2N4O2/c1-11-6-13(7-14(20-3)23-11)16(24)22-9-12-4-5-15(21-8-12)25-10-17(2,18)19/h4-8H,9-10H2,1-3H3,(H,20,23)(H,22,24). The summed E-state index contributed by atoms with van der Waals surface area (Å²) in [6, 6.07) is 6.49. The summed E-state index contributed by atoms with van der Waals surface area (Å²) < 4.78 is 30.4. The number of alkyl halides is 2. The van der Waals surface area contributed by atoms with Crippen LogP contribution in [0, 0.1) is 6.92 Å². The number of nitrogens with zero attached hydrogens (tertiary/aromatic N) is 2. The molecule has 0 fully saturated rings. The highest BCUT2D eigenvalue weighted by atomic mass is 19.3. The summed E-state index contributed by atoms with van der Waals surface area (Å²) >= 11 is 0. The summed E-state index contributed by atoms with van der Waals surface area (Å²) in [5.41, 5.74) is 1.95. The molecule has 2 N–H and O–H groups in total. The van der Waals surface area contributed by atoms with E-state index >= 15 is 0 Å². The Morgan fingerprint density at radius 2 is 2.08 bits per heavy atom. The summed E-state index contributed by atoms with van der Waals surface area (Å²) in [6.45, 7) is 2.11. The lowest BCUT2D eigenvalue weighted by atomic mass is 10.2. The van der Waals surface area contributed by atoms with E-state index in [-0.39, 0.29) is 18.3 Å². The largest absolute Gasteiger partial charge is 0.471 e. The quantitative estimate of drug-likeness (QED) is 0.803. The van der Waals surface area contributed by atoms with E-state index in [1.54, 1.807) is 32.2 Å². The Labute approximate surface area is 144 Å². The number of hydrogen-bond acceptors (Lipinski definition) is 5. The second-order valence-electron chi connectivity index (χ2n) is 5.68. The number of aryl methyl sites for hydroxylation is 1. The van der Waals surface area contributed by atoms with Gasteiger partial charge in [-0.25, -0.2) is 18.7 Å². The minimum atomic E-state index is -2.91. The molecule has 0 aliphatic rings. The van der Waals surface area contributed by atoms with E-state index in [0.29, 0.717) is 11.4 Å². The fourth-order valence-electron chi connectivity index (χ4n) is 2.01. The molecular formula is C17H20F2N4O2. The van der Waals surface area contributed by atoms with Gasteiger partial charge < -0.3 is 15.4 Å². The highest BCUT2D eigenvalue weighted by Crippen LogP contribution is 2.15. The fourth-order valence-corrected chi connectivity index (χ4v) is 2.01. The van der Waals surface area contributed by atoms with E-state index in [9.17, 15) is 13.6 Å². The molecule has 25 heavy (non-hydrogen) atoms. The van der Waals surface area contributed by atoms with Crippen molar-refractivity contribution in [1.82, 2.24) is 15.3 Å². The fraction of sp³-hybridized carbons (Fsp3) is 0.353. The number of rotatable bonds is 7. The SMILES string of the molecule is CNc1cc(C(=O)NCc2ccc(OCC(C)(F)F)nc2)cc(C)n1. The van der Waals surface area contributed by atoms with E-state index in [0.717, 1.165) is 18.2 Å². The van der Waals surface area contributed by atoms with Crippen LogP contribution in [0.4, 0.5) is 14.6 Å². The zero-order valence-electron chi connectivity index (χ0n) is 14.3. The van der Waals surface area contributed by atoms with Crippen molar-refractivity contribution in [3.05, 3.63) is 47.3 Å². The molecule has 0 spiro atoms. The average molecular weight is 350 g/mol. The van der Waals surface area contributed by atoms with Gasteiger partial charge >= 0.3 is 0 Å². The third-order valence-corrected chi connectivity index (χ3v) is 3.20. The lowest BCUT2D eigenvalue weighted by Crippen LogP contribution is -2.23. The van der Waals surface area contributed by atoms with Crippen molar-refractivity contribution in [2.75, 3.05) is 19.0 Å². The van der Waals surface area contributed by atoms with Crippen molar-refractivity contribution in [2.24, 2.45) is 0 Å². The number of pyridine rings is 2. The van der Waals surface area contributed by atoms with Crippen molar-refractivity contribution in [2.45, 2.75) is 26.3 Å².